The SMILES string of the molecule is CCCc1nc(N2CCC(OC)C2)sc1CNCC. The second-order valence-electron chi connectivity index (χ2n) is 4.99. The fraction of sp³-hybridized carbons (Fsp3) is 0.786. The smallest absolute Gasteiger partial charge is 0.185 e. The molecule has 0 saturated carbocycles. The van der Waals surface area contributed by atoms with Crippen molar-refractivity contribution in [3.63, 3.8) is 0 Å². The van der Waals surface area contributed by atoms with E-state index in [0.717, 1.165) is 45.4 Å². The van der Waals surface area contributed by atoms with Crippen molar-refractivity contribution < 1.29 is 4.74 Å². The van der Waals surface area contributed by atoms with Crippen LogP contribution in [0.2, 0.25) is 0 Å². The number of ether oxygens (including phenoxy) is 1. The number of hydrogen-bond acceptors (Lipinski definition) is 5. The van der Waals surface area contributed by atoms with Crippen LogP contribution in [-0.4, -0.2) is 37.8 Å². The summed E-state index contributed by atoms with van der Waals surface area (Å²) < 4.78 is 5.44. The molecule has 1 atom stereocenters. The molecule has 0 aliphatic carbocycles. The first-order valence-electron chi connectivity index (χ1n) is 7.25. The Morgan fingerprint density at radius 3 is 2.95 bits per heavy atom. The van der Waals surface area contributed by atoms with Crippen LogP contribution >= 0.6 is 11.3 Å². The predicted molar refractivity (Wildman–Crippen MR) is 81.1 cm³/mol. The van der Waals surface area contributed by atoms with E-state index in [-0.39, 0.29) is 0 Å². The third-order valence-electron chi connectivity index (χ3n) is 3.54. The van der Waals surface area contributed by atoms with Crippen molar-refractivity contribution in [1.82, 2.24) is 10.3 Å². The number of anilines is 1. The summed E-state index contributed by atoms with van der Waals surface area (Å²) in [5, 5.41) is 4.59. The lowest BCUT2D eigenvalue weighted by molar-refractivity contribution is 0.121. The van der Waals surface area contributed by atoms with Gasteiger partial charge in [0.05, 0.1) is 11.8 Å². The van der Waals surface area contributed by atoms with Crippen LogP contribution in [0, 0.1) is 0 Å². The lowest BCUT2D eigenvalue weighted by atomic mass is 10.2. The van der Waals surface area contributed by atoms with Gasteiger partial charge in [-0.2, -0.15) is 0 Å². The van der Waals surface area contributed by atoms with E-state index in [1.807, 2.05) is 11.3 Å². The van der Waals surface area contributed by atoms with Gasteiger partial charge in [-0.1, -0.05) is 20.3 Å². The van der Waals surface area contributed by atoms with Crippen LogP contribution in [0.1, 0.15) is 37.3 Å². The van der Waals surface area contributed by atoms with Crippen LogP contribution in [0.3, 0.4) is 0 Å². The highest BCUT2D eigenvalue weighted by atomic mass is 32.1. The molecule has 1 unspecified atom stereocenters. The fourth-order valence-corrected chi connectivity index (χ4v) is 3.52. The molecular weight excluding hydrogens is 258 g/mol. The van der Waals surface area contributed by atoms with E-state index in [1.165, 1.54) is 15.7 Å². The fourth-order valence-electron chi connectivity index (χ4n) is 2.41. The standard InChI is InChI=1S/C14H25N3OS/c1-4-6-12-13(9-15-5-2)19-14(16-12)17-8-7-11(10-17)18-3/h11,15H,4-10H2,1-3H3. The normalized spacial score (nSPS) is 19.3. The van der Waals surface area contributed by atoms with E-state index >= 15 is 0 Å². The summed E-state index contributed by atoms with van der Waals surface area (Å²) in [5.41, 5.74) is 1.28. The zero-order chi connectivity index (χ0) is 13.7. The highest BCUT2D eigenvalue weighted by Gasteiger charge is 2.25. The number of thiazole rings is 1. The molecule has 0 bridgehead atoms. The molecule has 0 radical (unpaired) electrons. The molecule has 1 aliphatic heterocycles. The summed E-state index contributed by atoms with van der Waals surface area (Å²) >= 11 is 1.85. The zero-order valence-electron chi connectivity index (χ0n) is 12.2. The maximum absolute atomic E-state index is 5.44. The van der Waals surface area contributed by atoms with Gasteiger partial charge in [-0.25, -0.2) is 4.98 Å². The maximum atomic E-state index is 5.44. The Morgan fingerprint density at radius 2 is 2.32 bits per heavy atom. The van der Waals surface area contributed by atoms with Gasteiger partial charge in [-0.05, 0) is 19.4 Å². The molecule has 0 aromatic carbocycles. The van der Waals surface area contributed by atoms with Gasteiger partial charge in [-0.3, -0.25) is 0 Å². The first kappa shape index (κ1) is 14.8. The van der Waals surface area contributed by atoms with Crippen molar-refractivity contribution in [2.75, 3.05) is 31.6 Å². The Bertz CT molecular complexity index is 394. The molecule has 1 fully saturated rings. The van der Waals surface area contributed by atoms with E-state index in [2.05, 4.69) is 24.1 Å². The minimum Gasteiger partial charge on any atom is -0.380 e. The van der Waals surface area contributed by atoms with Crippen LogP contribution in [0.5, 0.6) is 0 Å². The molecule has 0 spiro atoms. The number of aromatic nitrogens is 1. The quantitative estimate of drug-likeness (QED) is 0.834. The second kappa shape index (κ2) is 7.22. The van der Waals surface area contributed by atoms with Gasteiger partial charge in [-0.15, -0.1) is 11.3 Å². The number of aryl methyl sites for hydroxylation is 1. The van der Waals surface area contributed by atoms with Crippen LogP contribution in [-0.2, 0) is 17.7 Å². The molecule has 2 heterocycles. The van der Waals surface area contributed by atoms with Crippen molar-refractivity contribution >= 4 is 16.5 Å². The largest absolute Gasteiger partial charge is 0.380 e. The molecule has 0 amide bonds. The van der Waals surface area contributed by atoms with Crippen molar-refractivity contribution in [2.45, 2.75) is 45.8 Å². The van der Waals surface area contributed by atoms with Gasteiger partial charge in [0, 0.05) is 31.6 Å². The van der Waals surface area contributed by atoms with Gasteiger partial charge < -0.3 is 15.0 Å². The van der Waals surface area contributed by atoms with Crippen molar-refractivity contribution in [3.05, 3.63) is 10.6 Å². The predicted octanol–water partition coefficient (Wildman–Crippen LogP) is 2.43. The minimum absolute atomic E-state index is 0.371. The Morgan fingerprint density at radius 1 is 1.47 bits per heavy atom. The van der Waals surface area contributed by atoms with E-state index in [1.54, 1.807) is 7.11 Å². The lowest BCUT2D eigenvalue weighted by Gasteiger charge is -2.13. The second-order valence-corrected chi connectivity index (χ2v) is 6.05. The van der Waals surface area contributed by atoms with Gasteiger partial charge in [0.2, 0.25) is 0 Å². The highest BCUT2D eigenvalue weighted by molar-refractivity contribution is 7.15. The van der Waals surface area contributed by atoms with E-state index in [0.29, 0.717) is 6.10 Å². The topological polar surface area (TPSA) is 37.4 Å². The first-order chi connectivity index (χ1) is 9.28. The summed E-state index contributed by atoms with van der Waals surface area (Å²) in [6.45, 7) is 8.37. The molecule has 19 heavy (non-hydrogen) atoms. The van der Waals surface area contributed by atoms with Gasteiger partial charge >= 0.3 is 0 Å². The lowest BCUT2D eigenvalue weighted by Crippen LogP contribution is -2.21. The molecule has 1 aromatic heterocycles. The summed E-state index contributed by atoms with van der Waals surface area (Å²) in [4.78, 5) is 8.62. The van der Waals surface area contributed by atoms with Crippen LogP contribution < -0.4 is 10.2 Å². The maximum Gasteiger partial charge on any atom is 0.185 e. The first-order valence-corrected chi connectivity index (χ1v) is 8.07. The number of methoxy groups -OCH3 is 1. The number of nitrogens with zero attached hydrogens (tertiary/aromatic N) is 2. The highest BCUT2D eigenvalue weighted by Crippen LogP contribution is 2.30. The Hall–Kier alpha value is -0.650. The number of nitrogens with one attached hydrogen (secondary N) is 1. The zero-order valence-corrected chi connectivity index (χ0v) is 13.1. The summed E-state index contributed by atoms with van der Waals surface area (Å²) in [5.74, 6) is 0. The van der Waals surface area contributed by atoms with E-state index in [9.17, 15) is 0 Å². The average molecular weight is 283 g/mol. The molecule has 2 rings (SSSR count). The average Bonchev–Trinajstić information content (AvgIpc) is 3.03. The van der Waals surface area contributed by atoms with Crippen molar-refractivity contribution in [2.24, 2.45) is 0 Å². The summed E-state index contributed by atoms with van der Waals surface area (Å²) in [7, 11) is 1.80. The van der Waals surface area contributed by atoms with Gasteiger partial charge in [0.1, 0.15) is 0 Å². The molecule has 4 nitrogen and oxygen atoms in total. The Labute approximate surface area is 120 Å². The Kier molecular flexibility index (Phi) is 5.60. The molecular formula is C14H25N3OS. The Balaban J connectivity index is 2.08. The third kappa shape index (κ3) is 3.68. The molecule has 5 heteroatoms. The van der Waals surface area contributed by atoms with Crippen molar-refractivity contribution in [3.8, 4) is 0 Å². The molecule has 1 saturated heterocycles. The molecule has 1 aliphatic rings. The van der Waals surface area contributed by atoms with Crippen LogP contribution in [0.15, 0.2) is 0 Å². The van der Waals surface area contributed by atoms with Gasteiger partial charge in [0.25, 0.3) is 0 Å². The van der Waals surface area contributed by atoms with Crippen LogP contribution in [0.25, 0.3) is 0 Å². The summed E-state index contributed by atoms with van der Waals surface area (Å²) in [6.07, 6.45) is 3.72. The van der Waals surface area contributed by atoms with Gasteiger partial charge in [0.15, 0.2) is 5.13 Å². The van der Waals surface area contributed by atoms with Crippen LogP contribution in [0.4, 0.5) is 5.13 Å². The monoisotopic (exact) mass is 283 g/mol. The minimum atomic E-state index is 0.371. The van der Waals surface area contributed by atoms with E-state index < -0.39 is 0 Å². The number of hydrogen-bond donors (Lipinski definition) is 1. The molecule has 1 aromatic rings. The molecule has 1 N–H and O–H groups in total. The molecule has 108 valence electrons. The van der Waals surface area contributed by atoms with E-state index in [4.69, 9.17) is 9.72 Å². The third-order valence-corrected chi connectivity index (χ3v) is 4.70. The van der Waals surface area contributed by atoms with Crippen molar-refractivity contribution in [1.29, 1.82) is 0 Å². The number of rotatable bonds is 7. The summed E-state index contributed by atoms with van der Waals surface area (Å²) in [6, 6.07) is 0.